The fraction of sp³-hybridized carbons (Fsp3) is 0.0952. The Morgan fingerprint density at radius 3 is 1.77 bits per heavy atom. The van der Waals surface area contributed by atoms with Gasteiger partial charge in [-0.05, 0) is 52.9 Å². The molecule has 3 aromatic heterocycles. The lowest BCUT2D eigenvalue weighted by molar-refractivity contribution is 0.591. The van der Waals surface area contributed by atoms with E-state index in [-0.39, 0.29) is 5.41 Å². The zero-order chi connectivity index (χ0) is 32.0. The van der Waals surface area contributed by atoms with E-state index in [1.54, 1.807) is 6.20 Å². The average molecular weight is 608 g/mol. The molecule has 0 spiro atoms. The van der Waals surface area contributed by atoms with Crippen LogP contribution in [0.15, 0.2) is 146 Å². The molecule has 0 saturated heterocycles. The molecule has 5 heteroatoms. The van der Waals surface area contributed by atoms with Gasteiger partial charge in [0.05, 0.1) is 16.7 Å². The fourth-order valence-electron chi connectivity index (χ4n) is 6.25. The summed E-state index contributed by atoms with van der Waals surface area (Å²) in [6, 6.07) is 46.3. The van der Waals surface area contributed by atoms with Crippen LogP contribution < -0.4 is 0 Å². The zero-order valence-corrected chi connectivity index (χ0v) is 26.6. The van der Waals surface area contributed by atoms with E-state index >= 15 is 0 Å². The first-order valence-corrected chi connectivity index (χ1v) is 15.9. The van der Waals surface area contributed by atoms with Crippen LogP contribution in [0.2, 0.25) is 0 Å². The summed E-state index contributed by atoms with van der Waals surface area (Å²) in [6.45, 7) is 6.79. The minimum absolute atomic E-state index is 0.0232. The van der Waals surface area contributed by atoms with Crippen LogP contribution >= 0.6 is 0 Å². The Morgan fingerprint density at radius 2 is 1.11 bits per heavy atom. The number of hydrogen-bond donors (Lipinski definition) is 0. The van der Waals surface area contributed by atoms with Crippen molar-refractivity contribution in [1.29, 1.82) is 0 Å². The molecule has 0 unspecified atom stereocenters. The van der Waals surface area contributed by atoms with Gasteiger partial charge in [-0.1, -0.05) is 118 Å². The predicted molar refractivity (Wildman–Crippen MR) is 192 cm³/mol. The molecular weight excluding hydrogens is 574 g/mol. The summed E-state index contributed by atoms with van der Waals surface area (Å²) in [5.41, 5.74) is 9.47. The number of rotatable bonds is 5. The van der Waals surface area contributed by atoms with Crippen molar-refractivity contribution >= 4 is 21.8 Å². The molecule has 0 bridgehead atoms. The topological polar surface area (TPSA) is 56.5 Å². The molecule has 5 nitrogen and oxygen atoms in total. The van der Waals surface area contributed by atoms with Gasteiger partial charge in [0.2, 0.25) is 0 Å². The minimum Gasteiger partial charge on any atom is -0.308 e. The van der Waals surface area contributed by atoms with E-state index in [0.29, 0.717) is 17.5 Å². The van der Waals surface area contributed by atoms with Gasteiger partial charge in [-0.15, -0.1) is 0 Å². The van der Waals surface area contributed by atoms with Crippen LogP contribution in [0.25, 0.3) is 72.8 Å². The first kappa shape index (κ1) is 28.5. The van der Waals surface area contributed by atoms with Crippen LogP contribution in [0.3, 0.4) is 0 Å². The van der Waals surface area contributed by atoms with E-state index in [1.165, 1.54) is 16.3 Å². The van der Waals surface area contributed by atoms with Crippen molar-refractivity contribution in [1.82, 2.24) is 24.5 Å². The molecule has 0 aliphatic heterocycles. The van der Waals surface area contributed by atoms with Gasteiger partial charge >= 0.3 is 0 Å². The molecular formula is C42H33N5. The summed E-state index contributed by atoms with van der Waals surface area (Å²) < 4.78 is 2.36. The highest BCUT2D eigenvalue weighted by atomic mass is 15.1. The van der Waals surface area contributed by atoms with Crippen molar-refractivity contribution in [3.05, 3.63) is 151 Å². The molecule has 0 aliphatic rings. The molecule has 0 radical (unpaired) electrons. The monoisotopic (exact) mass is 607 g/mol. The third-order valence-corrected chi connectivity index (χ3v) is 8.71. The highest BCUT2D eigenvalue weighted by Gasteiger charge is 2.22. The molecule has 0 atom stereocenters. The van der Waals surface area contributed by atoms with Gasteiger partial charge in [0.1, 0.15) is 0 Å². The number of fused-ring (bicyclic) bond motifs is 3. The lowest BCUT2D eigenvalue weighted by Crippen LogP contribution is -2.10. The molecule has 0 aliphatic carbocycles. The van der Waals surface area contributed by atoms with Crippen molar-refractivity contribution in [3.63, 3.8) is 0 Å². The standard InChI is InChI=1S/C42H33N5/c1-42(2,3)32-21-23-37-35(26-32)33-18-10-11-19-36(33)47(37)38-25-30(31-17-12-24-43-27-31)20-22-34(38)41-45-39(28-13-6-4-7-14-28)44-40(46-41)29-15-8-5-9-16-29/h4-27H,1-3H3. The van der Waals surface area contributed by atoms with Crippen LogP contribution in [0, 0.1) is 0 Å². The van der Waals surface area contributed by atoms with E-state index in [1.807, 2.05) is 72.9 Å². The van der Waals surface area contributed by atoms with E-state index in [2.05, 4.69) is 97.1 Å². The number of hydrogen-bond acceptors (Lipinski definition) is 4. The second kappa shape index (κ2) is 11.5. The Hall–Kier alpha value is -5.94. The van der Waals surface area contributed by atoms with E-state index in [4.69, 9.17) is 15.0 Å². The third-order valence-electron chi connectivity index (χ3n) is 8.71. The van der Waals surface area contributed by atoms with Gasteiger partial charge in [0.25, 0.3) is 0 Å². The van der Waals surface area contributed by atoms with Crippen LogP contribution in [-0.4, -0.2) is 24.5 Å². The average Bonchev–Trinajstić information content (AvgIpc) is 3.45. The van der Waals surface area contributed by atoms with Crippen LogP contribution in [0.1, 0.15) is 26.3 Å². The second-order valence-corrected chi connectivity index (χ2v) is 12.8. The number of nitrogens with zero attached hydrogens (tertiary/aromatic N) is 5. The Bertz CT molecular complexity index is 2310. The largest absolute Gasteiger partial charge is 0.308 e. The SMILES string of the molecule is CC(C)(C)c1ccc2c(c1)c1ccccc1n2-c1cc(-c2cccnc2)ccc1-c1nc(-c2ccccc2)nc(-c2ccccc2)n1. The van der Waals surface area contributed by atoms with E-state index in [9.17, 15) is 0 Å². The Balaban J connectivity index is 1.45. The normalized spacial score (nSPS) is 11.7. The van der Waals surface area contributed by atoms with E-state index in [0.717, 1.165) is 44.5 Å². The maximum atomic E-state index is 5.13. The van der Waals surface area contributed by atoms with E-state index < -0.39 is 0 Å². The Kier molecular flexibility index (Phi) is 6.95. The van der Waals surface area contributed by atoms with Crippen LogP contribution in [-0.2, 0) is 5.41 Å². The Morgan fingerprint density at radius 1 is 0.489 bits per heavy atom. The summed E-state index contributed by atoms with van der Waals surface area (Å²) in [6.07, 6.45) is 3.71. The number of benzene rings is 5. The van der Waals surface area contributed by atoms with Gasteiger partial charge in [0.15, 0.2) is 17.5 Å². The second-order valence-electron chi connectivity index (χ2n) is 12.8. The van der Waals surface area contributed by atoms with Gasteiger partial charge in [0, 0.05) is 45.4 Å². The maximum Gasteiger partial charge on any atom is 0.166 e. The highest BCUT2D eigenvalue weighted by Crippen LogP contribution is 2.39. The lowest BCUT2D eigenvalue weighted by atomic mass is 9.86. The number of aromatic nitrogens is 5. The smallest absolute Gasteiger partial charge is 0.166 e. The fourth-order valence-corrected chi connectivity index (χ4v) is 6.25. The minimum atomic E-state index is 0.0232. The van der Waals surface area contributed by atoms with Crippen molar-refractivity contribution in [2.24, 2.45) is 0 Å². The molecule has 3 heterocycles. The highest BCUT2D eigenvalue weighted by molar-refractivity contribution is 6.10. The number of para-hydroxylation sites is 1. The summed E-state index contributed by atoms with van der Waals surface area (Å²) >= 11 is 0. The first-order valence-electron chi connectivity index (χ1n) is 15.9. The quantitative estimate of drug-likeness (QED) is 0.195. The predicted octanol–water partition coefficient (Wildman–Crippen LogP) is 10.3. The molecule has 5 aromatic carbocycles. The van der Waals surface area contributed by atoms with Crippen molar-refractivity contribution in [2.75, 3.05) is 0 Å². The van der Waals surface area contributed by atoms with Crippen LogP contribution in [0.4, 0.5) is 0 Å². The molecule has 8 rings (SSSR count). The summed E-state index contributed by atoms with van der Waals surface area (Å²) in [4.78, 5) is 19.6. The van der Waals surface area contributed by atoms with Gasteiger partial charge in [-0.3, -0.25) is 4.98 Å². The molecule has 0 amide bonds. The first-order chi connectivity index (χ1) is 22.9. The van der Waals surface area contributed by atoms with Crippen molar-refractivity contribution < 1.29 is 0 Å². The Labute approximate surface area is 274 Å². The van der Waals surface area contributed by atoms with Crippen LogP contribution in [0.5, 0.6) is 0 Å². The molecule has 0 fully saturated rings. The van der Waals surface area contributed by atoms with Crippen molar-refractivity contribution in [3.8, 4) is 51.0 Å². The van der Waals surface area contributed by atoms with Gasteiger partial charge in [-0.2, -0.15) is 0 Å². The maximum absolute atomic E-state index is 5.13. The van der Waals surface area contributed by atoms with Gasteiger partial charge in [-0.25, -0.2) is 15.0 Å². The summed E-state index contributed by atoms with van der Waals surface area (Å²) in [5.74, 6) is 1.88. The summed E-state index contributed by atoms with van der Waals surface area (Å²) in [5, 5.41) is 2.42. The lowest BCUT2D eigenvalue weighted by Gasteiger charge is -2.19. The van der Waals surface area contributed by atoms with Crippen molar-refractivity contribution in [2.45, 2.75) is 26.2 Å². The molecule has 47 heavy (non-hydrogen) atoms. The number of pyridine rings is 1. The molecule has 8 aromatic rings. The molecule has 0 N–H and O–H groups in total. The molecule has 226 valence electrons. The van der Waals surface area contributed by atoms with Gasteiger partial charge < -0.3 is 4.57 Å². The zero-order valence-electron chi connectivity index (χ0n) is 26.6. The third kappa shape index (κ3) is 5.26. The summed E-state index contributed by atoms with van der Waals surface area (Å²) in [7, 11) is 0. The molecule has 0 saturated carbocycles.